The number of anilines is 1. The first-order chi connectivity index (χ1) is 13.5. The fourth-order valence-corrected chi connectivity index (χ4v) is 4.30. The molecule has 1 saturated heterocycles. The molecule has 0 saturated carbocycles. The molecular formula is C22H29N3O2S. The van der Waals surface area contributed by atoms with Crippen molar-refractivity contribution in [1.82, 2.24) is 10.2 Å². The maximum absolute atomic E-state index is 12.5. The van der Waals surface area contributed by atoms with Crippen molar-refractivity contribution in [2.75, 3.05) is 18.4 Å². The van der Waals surface area contributed by atoms with Crippen molar-refractivity contribution in [2.45, 2.75) is 45.7 Å². The highest BCUT2D eigenvalue weighted by molar-refractivity contribution is 7.10. The molecule has 2 heterocycles. The van der Waals surface area contributed by atoms with Gasteiger partial charge >= 0.3 is 0 Å². The molecule has 1 atom stereocenters. The predicted octanol–water partition coefficient (Wildman–Crippen LogP) is 4.19. The number of carbonyl (C=O) groups is 2. The summed E-state index contributed by atoms with van der Waals surface area (Å²) in [5.41, 5.74) is 2.05. The molecule has 2 aromatic rings. The van der Waals surface area contributed by atoms with Crippen molar-refractivity contribution in [3.8, 4) is 0 Å². The number of hydrogen-bond donors (Lipinski definition) is 2. The Morgan fingerprint density at radius 3 is 2.50 bits per heavy atom. The Labute approximate surface area is 171 Å². The van der Waals surface area contributed by atoms with Gasteiger partial charge in [-0.1, -0.05) is 25.1 Å². The van der Waals surface area contributed by atoms with Gasteiger partial charge in [0.15, 0.2) is 0 Å². The van der Waals surface area contributed by atoms with Crippen molar-refractivity contribution < 1.29 is 9.59 Å². The lowest BCUT2D eigenvalue weighted by molar-refractivity contribution is -0.120. The Kier molecular flexibility index (Phi) is 7.23. The van der Waals surface area contributed by atoms with Crippen LogP contribution in [0, 0.1) is 5.92 Å². The molecule has 3 rings (SSSR count). The number of hydrogen-bond acceptors (Lipinski definition) is 4. The summed E-state index contributed by atoms with van der Waals surface area (Å²) in [4.78, 5) is 27.4. The summed E-state index contributed by atoms with van der Waals surface area (Å²) >= 11 is 1.54. The molecule has 0 aliphatic carbocycles. The number of piperidine rings is 1. The van der Waals surface area contributed by atoms with Crippen LogP contribution in [0.2, 0.25) is 0 Å². The second kappa shape index (κ2) is 9.85. The maximum Gasteiger partial charge on any atom is 0.226 e. The van der Waals surface area contributed by atoms with Crippen LogP contribution in [0.4, 0.5) is 5.69 Å². The SMILES string of the molecule is CC(=O)NC(CC(=O)Nc1ccc(CN2CCC(C)CC2)cc1)c1cccs1. The molecule has 28 heavy (non-hydrogen) atoms. The Bertz CT molecular complexity index is 766. The minimum Gasteiger partial charge on any atom is -0.348 e. The third kappa shape index (κ3) is 6.17. The van der Waals surface area contributed by atoms with Crippen molar-refractivity contribution in [3.63, 3.8) is 0 Å². The van der Waals surface area contributed by atoms with Crippen molar-refractivity contribution >= 4 is 28.8 Å². The largest absolute Gasteiger partial charge is 0.348 e. The molecule has 1 fully saturated rings. The van der Waals surface area contributed by atoms with Gasteiger partial charge in [-0.15, -0.1) is 11.3 Å². The summed E-state index contributed by atoms with van der Waals surface area (Å²) in [6, 6.07) is 11.6. The molecule has 150 valence electrons. The number of likely N-dealkylation sites (tertiary alicyclic amines) is 1. The molecule has 1 aliphatic rings. The van der Waals surface area contributed by atoms with Gasteiger partial charge in [0.05, 0.1) is 12.5 Å². The number of carbonyl (C=O) groups excluding carboxylic acids is 2. The van der Waals surface area contributed by atoms with Gasteiger partial charge in [-0.25, -0.2) is 0 Å². The van der Waals surface area contributed by atoms with E-state index in [0.717, 1.165) is 36.1 Å². The van der Waals surface area contributed by atoms with Gasteiger partial charge in [-0.05, 0) is 61.0 Å². The van der Waals surface area contributed by atoms with Crippen LogP contribution in [0.15, 0.2) is 41.8 Å². The number of nitrogens with zero attached hydrogens (tertiary/aromatic N) is 1. The third-order valence-electron chi connectivity index (χ3n) is 5.17. The zero-order valence-corrected chi connectivity index (χ0v) is 17.4. The lowest BCUT2D eigenvalue weighted by Crippen LogP contribution is -2.32. The van der Waals surface area contributed by atoms with Gasteiger partial charge in [-0.3, -0.25) is 14.5 Å². The fourth-order valence-electron chi connectivity index (χ4n) is 3.53. The van der Waals surface area contributed by atoms with E-state index in [1.54, 1.807) is 11.3 Å². The zero-order chi connectivity index (χ0) is 19.9. The number of benzene rings is 1. The summed E-state index contributed by atoms with van der Waals surface area (Å²) in [7, 11) is 0. The quantitative estimate of drug-likeness (QED) is 0.734. The van der Waals surface area contributed by atoms with E-state index in [2.05, 4.69) is 34.6 Å². The topological polar surface area (TPSA) is 61.4 Å². The number of thiophene rings is 1. The van der Waals surface area contributed by atoms with E-state index >= 15 is 0 Å². The first-order valence-corrected chi connectivity index (χ1v) is 10.8. The summed E-state index contributed by atoms with van der Waals surface area (Å²) in [6.07, 6.45) is 2.76. The minimum atomic E-state index is -0.293. The summed E-state index contributed by atoms with van der Waals surface area (Å²) < 4.78 is 0. The zero-order valence-electron chi connectivity index (χ0n) is 16.6. The van der Waals surface area contributed by atoms with E-state index in [4.69, 9.17) is 0 Å². The van der Waals surface area contributed by atoms with Gasteiger partial charge in [0.2, 0.25) is 11.8 Å². The summed E-state index contributed by atoms with van der Waals surface area (Å²) in [5, 5.41) is 7.75. The fraction of sp³-hybridized carbons (Fsp3) is 0.455. The van der Waals surface area contributed by atoms with Crippen LogP contribution in [0.1, 0.15) is 49.6 Å². The molecule has 1 aromatic heterocycles. The van der Waals surface area contributed by atoms with Crippen molar-refractivity contribution in [1.29, 1.82) is 0 Å². The molecule has 0 bridgehead atoms. The van der Waals surface area contributed by atoms with Crippen LogP contribution in [-0.2, 0) is 16.1 Å². The maximum atomic E-state index is 12.5. The highest BCUT2D eigenvalue weighted by Crippen LogP contribution is 2.23. The number of nitrogens with one attached hydrogen (secondary N) is 2. The van der Waals surface area contributed by atoms with E-state index in [1.165, 1.54) is 25.3 Å². The van der Waals surface area contributed by atoms with E-state index in [0.29, 0.717) is 0 Å². The molecule has 6 heteroatoms. The molecule has 2 N–H and O–H groups in total. The Morgan fingerprint density at radius 2 is 1.89 bits per heavy atom. The predicted molar refractivity (Wildman–Crippen MR) is 114 cm³/mol. The van der Waals surface area contributed by atoms with Gasteiger partial charge in [0.1, 0.15) is 0 Å². The third-order valence-corrected chi connectivity index (χ3v) is 6.16. The van der Waals surface area contributed by atoms with E-state index in [-0.39, 0.29) is 24.3 Å². The Morgan fingerprint density at radius 1 is 1.18 bits per heavy atom. The van der Waals surface area contributed by atoms with Gasteiger partial charge < -0.3 is 10.6 Å². The van der Waals surface area contributed by atoms with Gasteiger partial charge in [-0.2, -0.15) is 0 Å². The molecule has 2 amide bonds. The highest BCUT2D eigenvalue weighted by atomic mass is 32.1. The first-order valence-electron chi connectivity index (χ1n) is 9.91. The lowest BCUT2D eigenvalue weighted by atomic mass is 9.99. The van der Waals surface area contributed by atoms with Crippen molar-refractivity contribution in [2.24, 2.45) is 5.92 Å². The minimum absolute atomic E-state index is 0.107. The van der Waals surface area contributed by atoms with Crippen LogP contribution >= 0.6 is 11.3 Å². The van der Waals surface area contributed by atoms with Gasteiger partial charge in [0, 0.05) is 24.0 Å². The lowest BCUT2D eigenvalue weighted by Gasteiger charge is -2.30. The number of amides is 2. The average molecular weight is 400 g/mol. The average Bonchev–Trinajstić information content (AvgIpc) is 3.19. The molecular weight excluding hydrogens is 370 g/mol. The standard InChI is InChI=1S/C22H29N3O2S/c1-16-9-11-25(12-10-16)15-18-5-7-19(8-6-18)24-22(27)14-20(23-17(2)26)21-4-3-13-28-21/h3-8,13,16,20H,9-12,14-15H2,1-2H3,(H,23,26)(H,24,27). The van der Waals surface area contributed by atoms with E-state index < -0.39 is 0 Å². The van der Waals surface area contributed by atoms with Crippen LogP contribution in [-0.4, -0.2) is 29.8 Å². The first kappa shape index (κ1) is 20.6. The molecule has 0 radical (unpaired) electrons. The monoisotopic (exact) mass is 399 g/mol. The van der Waals surface area contributed by atoms with Crippen LogP contribution < -0.4 is 10.6 Å². The number of rotatable bonds is 7. The second-order valence-electron chi connectivity index (χ2n) is 7.68. The molecule has 5 nitrogen and oxygen atoms in total. The second-order valence-corrected chi connectivity index (χ2v) is 8.66. The van der Waals surface area contributed by atoms with Crippen LogP contribution in [0.5, 0.6) is 0 Å². The molecule has 1 aliphatic heterocycles. The molecule has 1 unspecified atom stereocenters. The van der Waals surface area contributed by atoms with Crippen LogP contribution in [0.3, 0.4) is 0 Å². The smallest absolute Gasteiger partial charge is 0.226 e. The summed E-state index contributed by atoms with van der Waals surface area (Å²) in [6.45, 7) is 7.08. The van der Waals surface area contributed by atoms with Crippen LogP contribution in [0.25, 0.3) is 0 Å². The Balaban J connectivity index is 1.52. The Hall–Kier alpha value is -2.18. The summed E-state index contributed by atoms with van der Waals surface area (Å²) in [5.74, 6) is 0.594. The molecule has 0 spiro atoms. The highest BCUT2D eigenvalue weighted by Gasteiger charge is 2.18. The van der Waals surface area contributed by atoms with Crippen molar-refractivity contribution in [3.05, 3.63) is 52.2 Å². The normalized spacial score (nSPS) is 16.5. The van der Waals surface area contributed by atoms with Gasteiger partial charge in [0.25, 0.3) is 0 Å². The van der Waals surface area contributed by atoms with E-state index in [1.807, 2.05) is 29.6 Å². The molecule has 1 aromatic carbocycles. The van der Waals surface area contributed by atoms with E-state index in [9.17, 15) is 9.59 Å².